The van der Waals surface area contributed by atoms with E-state index in [4.69, 9.17) is 44.1 Å². The fourth-order valence-corrected chi connectivity index (χ4v) is 3.77. The molecule has 0 aliphatic carbocycles. The monoisotopic (exact) mass is 516 g/mol. The van der Waals surface area contributed by atoms with E-state index in [9.17, 15) is 18.4 Å². The van der Waals surface area contributed by atoms with Crippen LogP contribution in [0.4, 0.5) is 8.78 Å². The number of carbonyl (C=O) groups is 2. The highest BCUT2D eigenvalue weighted by Gasteiger charge is 2.29. The van der Waals surface area contributed by atoms with Gasteiger partial charge >= 0.3 is 0 Å². The molecule has 2 aromatic carbocycles. The molecule has 0 radical (unpaired) electrons. The molecule has 0 saturated carbocycles. The molecule has 6 nitrogen and oxygen atoms in total. The van der Waals surface area contributed by atoms with E-state index in [2.05, 4.69) is 0 Å². The number of hydrogen-bond donors (Lipinski definition) is 2. The van der Waals surface area contributed by atoms with Crippen LogP contribution in [0.1, 0.15) is 45.4 Å². The number of hydrogen-bond acceptors (Lipinski definition) is 4. The predicted molar refractivity (Wildman–Crippen MR) is 127 cm³/mol. The summed E-state index contributed by atoms with van der Waals surface area (Å²) in [7, 11) is 0. The Hall–Kier alpha value is -2.58. The lowest BCUT2D eigenvalue weighted by Crippen LogP contribution is -2.40. The van der Waals surface area contributed by atoms with E-state index >= 15 is 0 Å². The summed E-state index contributed by atoms with van der Waals surface area (Å²) in [4.78, 5) is 24.1. The molecule has 0 aliphatic rings. The Morgan fingerprint density at radius 1 is 0.853 bits per heavy atom. The van der Waals surface area contributed by atoms with Gasteiger partial charge in [0.2, 0.25) is 0 Å². The summed E-state index contributed by atoms with van der Waals surface area (Å²) in [6.07, 6.45) is 1.44. The van der Waals surface area contributed by atoms with Gasteiger partial charge in [-0.05, 0) is 49.9 Å². The third-order valence-corrected chi connectivity index (χ3v) is 5.93. The number of nitrogens with two attached hydrogens (primary N) is 2. The first-order valence-corrected chi connectivity index (χ1v) is 11.7. The molecule has 3 unspecified atom stereocenters. The number of benzene rings is 2. The maximum Gasteiger partial charge on any atom is 0.258 e. The minimum absolute atomic E-state index is 0.0661. The van der Waals surface area contributed by atoms with E-state index < -0.39 is 35.7 Å². The summed E-state index contributed by atoms with van der Waals surface area (Å²) in [5.74, 6) is -2.78. The predicted octanol–water partition coefficient (Wildman–Crippen LogP) is 5.41. The van der Waals surface area contributed by atoms with Crippen molar-refractivity contribution in [3.05, 3.63) is 58.1 Å². The number of rotatable bonds is 14. The standard InChI is InChI=1S/C24H28Cl2F2N2O4/c1-2-3-5-14(22(24(30)32)34-16-9-11-18(26)20(28)13-16)6-4-7-21(23(29)31)33-15-8-10-17(25)19(27)12-15/h8-14,21-22H,2-7H2,1H3,(H2,29,31)(H2,30,32). The molecule has 10 heteroatoms. The minimum atomic E-state index is -1.01. The van der Waals surface area contributed by atoms with Crippen molar-refractivity contribution < 1.29 is 27.8 Å². The lowest BCUT2D eigenvalue weighted by atomic mass is 9.89. The second-order valence-electron chi connectivity index (χ2n) is 7.93. The third kappa shape index (κ3) is 8.33. The maximum absolute atomic E-state index is 13.8. The van der Waals surface area contributed by atoms with E-state index in [1.807, 2.05) is 6.92 Å². The van der Waals surface area contributed by atoms with Gasteiger partial charge in [0.05, 0.1) is 10.0 Å². The molecule has 2 rings (SSSR count). The number of halogens is 4. The zero-order valence-corrected chi connectivity index (χ0v) is 20.3. The number of unbranched alkanes of at least 4 members (excludes halogenated alkanes) is 1. The summed E-state index contributed by atoms with van der Waals surface area (Å²) in [6, 6.07) is 7.72. The normalized spacial score (nSPS) is 13.7. The Labute approximate surface area is 207 Å². The van der Waals surface area contributed by atoms with Crippen molar-refractivity contribution in [3.63, 3.8) is 0 Å². The van der Waals surface area contributed by atoms with Crippen LogP contribution in [0.5, 0.6) is 11.5 Å². The zero-order chi connectivity index (χ0) is 25.3. The van der Waals surface area contributed by atoms with Crippen LogP contribution in [-0.4, -0.2) is 24.0 Å². The molecule has 2 amide bonds. The molecule has 0 heterocycles. The molecule has 0 fully saturated rings. The Bertz CT molecular complexity index is 993. The van der Waals surface area contributed by atoms with Gasteiger partial charge in [0, 0.05) is 18.1 Å². The van der Waals surface area contributed by atoms with Crippen molar-refractivity contribution in [2.24, 2.45) is 17.4 Å². The molecule has 186 valence electrons. The summed E-state index contributed by atoms with van der Waals surface area (Å²) in [5, 5.41) is -0.136. The number of amides is 2. The summed E-state index contributed by atoms with van der Waals surface area (Å²) in [6.45, 7) is 2.01. The first-order valence-electron chi connectivity index (χ1n) is 10.9. The molecule has 0 saturated heterocycles. The van der Waals surface area contributed by atoms with Gasteiger partial charge < -0.3 is 20.9 Å². The lowest BCUT2D eigenvalue weighted by molar-refractivity contribution is -0.128. The first kappa shape index (κ1) is 27.7. The summed E-state index contributed by atoms with van der Waals surface area (Å²) >= 11 is 11.4. The smallest absolute Gasteiger partial charge is 0.258 e. The van der Waals surface area contributed by atoms with E-state index in [0.717, 1.165) is 25.0 Å². The number of ether oxygens (including phenoxy) is 2. The van der Waals surface area contributed by atoms with Crippen LogP contribution < -0.4 is 20.9 Å². The van der Waals surface area contributed by atoms with Crippen LogP contribution in [0.25, 0.3) is 0 Å². The van der Waals surface area contributed by atoms with E-state index in [1.165, 1.54) is 24.3 Å². The van der Waals surface area contributed by atoms with Crippen LogP contribution in [0.15, 0.2) is 36.4 Å². The van der Waals surface area contributed by atoms with Gasteiger partial charge in [0.25, 0.3) is 11.8 Å². The fraction of sp³-hybridized carbons (Fsp3) is 0.417. The van der Waals surface area contributed by atoms with E-state index in [0.29, 0.717) is 19.3 Å². The molecular formula is C24H28Cl2F2N2O4. The average Bonchev–Trinajstić information content (AvgIpc) is 2.78. The fourth-order valence-electron chi connectivity index (χ4n) is 3.54. The number of carbonyl (C=O) groups excluding carboxylic acids is 2. The van der Waals surface area contributed by atoms with Crippen molar-refractivity contribution >= 4 is 35.0 Å². The van der Waals surface area contributed by atoms with Crippen molar-refractivity contribution in [2.75, 3.05) is 0 Å². The highest BCUT2D eigenvalue weighted by atomic mass is 35.5. The summed E-state index contributed by atoms with van der Waals surface area (Å²) in [5.41, 5.74) is 11.1. The van der Waals surface area contributed by atoms with Gasteiger partial charge in [-0.1, -0.05) is 43.0 Å². The van der Waals surface area contributed by atoms with Crippen molar-refractivity contribution in [1.82, 2.24) is 0 Å². The van der Waals surface area contributed by atoms with Crippen LogP contribution in [-0.2, 0) is 9.59 Å². The first-order chi connectivity index (χ1) is 16.1. The molecule has 0 aliphatic heterocycles. The van der Waals surface area contributed by atoms with Crippen molar-refractivity contribution in [2.45, 2.75) is 57.7 Å². The minimum Gasteiger partial charge on any atom is -0.481 e. The second-order valence-corrected chi connectivity index (χ2v) is 8.75. The Balaban J connectivity index is 2.08. The highest BCUT2D eigenvalue weighted by molar-refractivity contribution is 6.31. The van der Waals surface area contributed by atoms with Crippen LogP contribution in [0.2, 0.25) is 10.0 Å². The van der Waals surface area contributed by atoms with Gasteiger partial charge in [-0.15, -0.1) is 0 Å². The third-order valence-electron chi connectivity index (χ3n) is 5.32. The molecule has 3 atom stereocenters. The molecule has 34 heavy (non-hydrogen) atoms. The van der Waals surface area contributed by atoms with Crippen molar-refractivity contribution in [1.29, 1.82) is 0 Å². The van der Waals surface area contributed by atoms with Crippen LogP contribution in [0, 0.1) is 17.6 Å². The van der Waals surface area contributed by atoms with E-state index in [1.54, 1.807) is 0 Å². The molecule has 4 N–H and O–H groups in total. The molecule has 0 bridgehead atoms. The largest absolute Gasteiger partial charge is 0.481 e. The average molecular weight is 517 g/mol. The van der Waals surface area contributed by atoms with Crippen LogP contribution in [0.3, 0.4) is 0 Å². The second kappa shape index (κ2) is 13.3. The van der Waals surface area contributed by atoms with Gasteiger partial charge in [0.1, 0.15) is 23.1 Å². The highest BCUT2D eigenvalue weighted by Crippen LogP contribution is 2.28. The quantitative estimate of drug-likeness (QED) is 0.350. The lowest BCUT2D eigenvalue weighted by Gasteiger charge is -2.26. The Morgan fingerprint density at radius 2 is 1.38 bits per heavy atom. The topological polar surface area (TPSA) is 105 Å². The maximum atomic E-state index is 13.8. The summed E-state index contributed by atoms with van der Waals surface area (Å²) < 4.78 is 38.8. The Morgan fingerprint density at radius 3 is 1.85 bits per heavy atom. The molecular weight excluding hydrogens is 489 g/mol. The van der Waals surface area contributed by atoms with E-state index in [-0.39, 0.29) is 33.9 Å². The zero-order valence-electron chi connectivity index (χ0n) is 18.7. The van der Waals surface area contributed by atoms with Crippen molar-refractivity contribution in [3.8, 4) is 11.5 Å². The number of primary amides is 2. The molecule has 0 spiro atoms. The molecule has 0 aromatic heterocycles. The van der Waals surface area contributed by atoms with Gasteiger partial charge in [-0.2, -0.15) is 0 Å². The van der Waals surface area contributed by atoms with Crippen LogP contribution >= 0.6 is 23.2 Å². The van der Waals surface area contributed by atoms with Gasteiger partial charge in [0.15, 0.2) is 12.2 Å². The Kier molecular flexibility index (Phi) is 10.9. The SMILES string of the molecule is CCCCC(CCCC(Oc1ccc(Cl)c(F)c1)C(N)=O)C(Oc1ccc(Cl)c(F)c1)C(N)=O. The van der Waals surface area contributed by atoms with Gasteiger partial charge in [-0.25, -0.2) is 8.78 Å². The van der Waals surface area contributed by atoms with Gasteiger partial charge in [-0.3, -0.25) is 9.59 Å². The molecule has 2 aromatic rings.